The first kappa shape index (κ1) is 13.5. The molecule has 3 rings (SSSR count). The molecule has 0 saturated heterocycles. The van der Waals surface area contributed by atoms with Crippen molar-refractivity contribution >= 4 is 0 Å². The molecule has 2 aromatic heterocycles. The van der Waals surface area contributed by atoms with Crippen LogP contribution in [0.3, 0.4) is 0 Å². The fourth-order valence-electron chi connectivity index (χ4n) is 2.20. The number of hydrogen-bond acceptors (Lipinski definition) is 3. The Kier molecular flexibility index (Phi) is 3.31. The molecule has 0 spiro atoms. The van der Waals surface area contributed by atoms with E-state index in [1.807, 2.05) is 30.6 Å². The highest BCUT2D eigenvalue weighted by Crippen LogP contribution is 2.27. The van der Waals surface area contributed by atoms with Crippen LogP contribution in [0.1, 0.15) is 19.4 Å². The molecule has 0 bridgehead atoms. The summed E-state index contributed by atoms with van der Waals surface area (Å²) in [4.78, 5) is 4.22. The molecule has 1 aromatic carbocycles. The van der Waals surface area contributed by atoms with Gasteiger partial charge in [0, 0.05) is 35.3 Å². The zero-order valence-electron chi connectivity index (χ0n) is 12.0. The molecule has 0 amide bonds. The van der Waals surface area contributed by atoms with Crippen LogP contribution in [0.4, 0.5) is 0 Å². The van der Waals surface area contributed by atoms with Gasteiger partial charge < -0.3 is 5.11 Å². The molecule has 4 nitrogen and oxygen atoms in total. The summed E-state index contributed by atoms with van der Waals surface area (Å²) in [7, 11) is 0. The number of hydrogen-bond donors (Lipinski definition) is 2. The average molecular weight is 279 g/mol. The van der Waals surface area contributed by atoms with Crippen molar-refractivity contribution in [1.82, 2.24) is 15.2 Å². The zero-order valence-corrected chi connectivity index (χ0v) is 12.0. The van der Waals surface area contributed by atoms with E-state index in [4.69, 9.17) is 0 Å². The normalized spacial score (nSPS) is 11.6. The van der Waals surface area contributed by atoms with Crippen molar-refractivity contribution in [1.29, 1.82) is 0 Å². The third-order valence-corrected chi connectivity index (χ3v) is 3.49. The first-order valence-electron chi connectivity index (χ1n) is 6.81. The van der Waals surface area contributed by atoms with Gasteiger partial charge in [0.1, 0.15) is 0 Å². The third kappa shape index (κ3) is 2.85. The van der Waals surface area contributed by atoms with Gasteiger partial charge in [-0.3, -0.25) is 10.1 Å². The van der Waals surface area contributed by atoms with Crippen LogP contribution in [0.2, 0.25) is 0 Å². The van der Waals surface area contributed by atoms with E-state index in [1.54, 1.807) is 26.2 Å². The summed E-state index contributed by atoms with van der Waals surface area (Å²) in [6.07, 6.45) is 7.17. The van der Waals surface area contributed by atoms with E-state index in [9.17, 15) is 5.11 Å². The van der Waals surface area contributed by atoms with E-state index in [1.165, 1.54) is 0 Å². The number of aliphatic hydroxyl groups is 1. The van der Waals surface area contributed by atoms with Gasteiger partial charge in [0.15, 0.2) is 0 Å². The maximum Gasteiger partial charge on any atom is 0.0855 e. The van der Waals surface area contributed by atoms with Gasteiger partial charge in [0.2, 0.25) is 0 Å². The van der Waals surface area contributed by atoms with E-state index in [0.717, 1.165) is 27.8 Å². The molecule has 2 N–H and O–H groups in total. The van der Waals surface area contributed by atoms with Gasteiger partial charge in [-0.15, -0.1) is 0 Å². The maximum absolute atomic E-state index is 10.1. The number of aromatic amines is 1. The number of H-pyrrole nitrogens is 1. The van der Waals surface area contributed by atoms with Gasteiger partial charge in [-0.25, -0.2) is 0 Å². The Labute approximate surface area is 123 Å². The van der Waals surface area contributed by atoms with Crippen LogP contribution >= 0.6 is 0 Å². The minimum Gasteiger partial charge on any atom is -0.386 e. The second-order valence-electron chi connectivity index (χ2n) is 5.59. The van der Waals surface area contributed by atoms with Crippen LogP contribution in [-0.4, -0.2) is 20.3 Å². The summed E-state index contributed by atoms with van der Waals surface area (Å²) in [6.45, 7) is 3.52. The predicted octanol–water partition coefficient (Wildman–Crippen LogP) is 3.37. The van der Waals surface area contributed by atoms with Crippen molar-refractivity contribution in [3.8, 4) is 22.3 Å². The van der Waals surface area contributed by atoms with Crippen molar-refractivity contribution in [2.75, 3.05) is 0 Å². The van der Waals surface area contributed by atoms with E-state index >= 15 is 0 Å². The molecule has 106 valence electrons. The Bertz CT molecular complexity index is 725. The van der Waals surface area contributed by atoms with E-state index < -0.39 is 5.60 Å². The molecule has 3 aromatic rings. The maximum atomic E-state index is 10.1. The van der Waals surface area contributed by atoms with Crippen molar-refractivity contribution in [2.24, 2.45) is 0 Å². The molecule has 0 aliphatic carbocycles. The summed E-state index contributed by atoms with van der Waals surface area (Å²) in [5, 5.41) is 16.8. The standard InChI is InChI=1S/C17H17N3O/c1-17(2,21)16-7-14(8-18-11-16)12-3-5-13(6-4-12)15-9-19-20-10-15/h3-11,21H,1-2H3,(H,19,20). The molecule has 4 heteroatoms. The zero-order chi connectivity index (χ0) is 14.9. The summed E-state index contributed by atoms with van der Waals surface area (Å²) in [5.74, 6) is 0. The smallest absolute Gasteiger partial charge is 0.0855 e. The molecule has 0 unspecified atom stereocenters. The average Bonchev–Trinajstić information content (AvgIpc) is 3.01. The Balaban J connectivity index is 1.94. The highest BCUT2D eigenvalue weighted by molar-refractivity contribution is 5.69. The second kappa shape index (κ2) is 5.14. The lowest BCUT2D eigenvalue weighted by Gasteiger charge is -2.18. The number of rotatable bonds is 3. The van der Waals surface area contributed by atoms with Crippen molar-refractivity contribution in [3.05, 3.63) is 60.7 Å². The number of nitrogens with zero attached hydrogens (tertiary/aromatic N) is 2. The molecule has 0 aliphatic heterocycles. The Morgan fingerprint density at radius 1 is 0.905 bits per heavy atom. The monoisotopic (exact) mass is 279 g/mol. The van der Waals surface area contributed by atoms with Gasteiger partial charge in [-0.2, -0.15) is 5.10 Å². The second-order valence-corrected chi connectivity index (χ2v) is 5.59. The van der Waals surface area contributed by atoms with Crippen LogP contribution in [0.5, 0.6) is 0 Å². The Morgan fingerprint density at radius 3 is 2.14 bits per heavy atom. The van der Waals surface area contributed by atoms with Gasteiger partial charge in [0.25, 0.3) is 0 Å². The van der Waals surface area contributed by atoms with E-state index in [2.05, 4.69) is 27.3 Å². The predicted molar refractivity (Wildman–Crippen MR) is 82.5 cm³/mol. The fourth-order valence-corrected chi connectivity index (χ4v) is 2.20. The molecule has 0 aliphatic rings. The lowest BCUT2D eigenvalue weighted by molar-refractivity contribution is 0.0783. The first-order chi connectivity index (χ1) is 10.0. The molecule has 21 heavy (non-hydrogen) atoms. The summed E-state index contributed by atoms with van der Waals surface area (Å²) < 4.78 is 0. The van der Waals surface area contributed by atoms with Crippen LogP contribution in [0.25, 0.3) is 22.3 Å². The van der Waals surface area contributed by atoms with E-state index in [0.29, 0.717) is 0 Å². The summed E-state index contributed by atoms with van der Waals surface area (Å²) in [6, 6.07) is 10.2. The first-order valence-corrected chi connectivity index (χ1v) is 6.81. The van der Waals surface area contributed by atoms with Crippen LogP contribution < -0.4 is 0 Å². The van der Waals surface area contributed by atoms with Gasteiger partial charge in [0.05, 0.1) is 11.8 Å². The van der Waals surface area contributed by atoms with Crippen LogP contribution in [0.15, 0.2) is 55.1 Å². The van der Waals surface area contributed by atoms with E-state index in [-0.39, 0.29) is 0 Å². The molecular formula is C17H17N3O. The SMILES string of the molecule is CC(C)(O)c1cncc(-c2ccc(-c3cn[nH]c3)cc2)c1. The molecule has 2 heterocycles. The van der Waals surface area contributed by atoms with Gasteiger partial charge >= 0.3 is 0 Å². The fraction of sp³-hybridized carbons (Fsp3) is 0.176. The quantitative estimate of drug-likeness (QED) is 0.772. The van der Waals surface area contributed by atoms with Crippen molar-refractivity contribution in [3.63, 3.8) is 0 Å². The summed E-state index contributed by atoms with van der Waals surface area (Å²) in [5.41, 5.74) is 4.15. The highest BCUT2D eigenvalue weighted by Gasteiger charge is 2.16. The lowest BCUT2D eigenvalue weighted by Crippen LogP contribution is -2.15. The lowest BCUT2D eigenvalue weighted by atomic mass is 9.96. The number of pyridine rings is 1. The van der Waals surface area contributed by atoms with Gasteiger partial charge in [-0.05, 0) is 31.0 Å². The van der Waals surface area contributed by atoms with Gasteiger partial charge in [-0.1, -0.05) is 24.3 Å². The van der Waals surface area contributed by atoms with Crippen molar-refractivity contribution < 1.29 is 5.11 Å². The largest absolute Gasteiger partial charge is 0.386 e. The molecular weight excluding hydrogens is 262 g/mol. The molecule has 0 radical (unpaired) electrons. The number of benzene rings is 1. The van der Waals surface area contributed by atoms with Crippen LogP contribution in [-0.2, 0) is 5.60 Å². The van der Waals surface area contributed by atoms with Crippen molar-refractivity contribution in [2.45, 2.75) is 19.4 Å². The minimum atomic E-state index is -0.889. The topological polar surface area (TPSA) is 61.8 Å². The van der Waals surface area contributed by atoms with Crippen LogP contribution in [0, 0.1) is 0 Å². The molecule has 0 atom stereocenters. The molecule has 0 fully saturated rings. The Morgan fingerprint density at radius 2 is 1.57 bits per heavy atom. The molecule has 0 saturated carbocycles. The third-order valence-electron chi connectivity index (χ3n) is 3.49. The summed E-state index contributed by atoms with van der Waals surface area (Å²) >= 11 is 0. The Hall–Kier alpha value is -2.46. The number of aromatic nitrogens is 3. The number of nitrogens with one attached hydrogen (secondary N) is 1. The highest BCUT2D eigenvalue weighted by atomic mass is 16.3. The minimum absolute atomic E-state index is 0.805.